The molecule has 1 aromatic rings. The lowest BCUT2D eigenvalue weighted by atomic mass is 9.98. The third-order valence-electron chi connectivity index (χ3n) is 3.40. The maximum atomic E-state index is 13.2. The van der Waals surface area contributed by atoms with E-state index in [1.54, 1.807) is 6.92 Å². The molecule has 1 aliphatic rings. The Morgan fingerprint density at radius 1 is 1.42 bits per heavy atom. The van der Waals surface area contributed by atoms with Crippen LogP contribution < -0.4 is 5.32 Å². The second-order valence-corrected chi connectivity index (χ2v) is 5.44. The van der Waals surface area contributed by atoms with Crippen LogP contribution in [0.4, 0.5) is 4.39 Å². The Morgan fingerprint density at radius 2 is 2.11 bits per heavy atom. The van der Waals surface area contributed by atoms with E-state index in [9.17, 15) is 14.0 Å². The quantitative estimate of drug-likeness (QED) is 0.835. The average molecular weight is 264 g/mol. The Hall–Kier alpha value is -1.91. The molecule has 1 saturated heterocycles. The summed E-state index contributed by atoms with van der Waals surface area (Å²) in [6, 6.07) is 4.24. The number of hydrogen-bond acceptors (Lipinski definition) is 2. The van der Waals surface area contributed by atoms with Crippen molar-refractivity contribution in [2.24, 2.45) is 0 Å². The third kappa shape index (κ3) is 2.59. The first-order valence-electron chi connectivity index (χ1n) is 6.16. The molecule has 0 atom stereocenters. The second-order valence-electron chi connectivity index (χ2n) is 5.44. The van der Waals surface area contributed by atoms with Crippen LogP contribution in [0.2, 0.25) is 0 Å². The summed E-state index contributed by atoms with van der Waals surface area (Å²) in [6.45, 7) is 5.83. The molecule has 102 valence electrons. The van der Waals surface area contributed by atoms with Gasteiger partial charge in [0.2, 0.25) is 5.91 Å². The van der Waals surface area contributed by atoms with Gasteiger partial charge >= 0.3 is 0 Å². The van der Waals surface area contributed by atoms with Crippen molar-refractivity contribution in [3.8, 4) is 0 Å². The molecule has 1 aromatic carbocycles. The minimum absolute atomic E-state index is 0.0300. The monoisotopic (exact) mass is 264 g/mol. The topological polar surface area (TPSA) is 49.4 Å². The third-order valence-corrected chi connectivity index (χ3v) is 3.40. The van der Waals surface area contributed by atoms with E-state index in [1.807, 2.05) is 13.8 Å². The number of carbonyl (C=O) groups excluding carboxylic acids is 2. The zero-order valence-corrected chi connectivity index (χ0v) is 11.3. The predicted octanol–water partition coefficient (Wildman–Crippen LogP) is 1.48. The van der Waals surface area contributed by atoms with Crippen molar-refractivity contribution in [1.82, 2.24) is 10.2 Å². The number of benzene rings is 1. The van der Waals surface area contributed by atoms with E-state index in [2.05, 4.69) is 5.32 Å². The number of rotatable bonds is 1. The van der Waals surface area contributed by atoms with Gasteiger partial charge in [-0.1, -0.05) is 0 Å². The van der Waals surface area contributed by atoms with Gasteiger partial charge in [0.15, 0.2) is 0 Å². The van der Waals surface area contributed by atoms with Crippen molar-refractivity contribution < 1.29 is 14.0 Å². The van der Waals surface area contributed by atoms with Crippen LogP contribution in [0.3, 0.4) is 0 Å². The molecule has 5 heteroatoms. The number of amides is 2. The first kappa shape index (κ1) is 13.5. The van der Waals surface area contributed by atoms with Gasteiger partial charge in [0.1, 0.15) is 12.4 Å². The van der Waals surface area contributed by atoms with Gasteiger partial charge in [-0.3, -0.25) is 9.59 Å². The molecule has 1 heterocycles. The average Bonchev–Trinajstić information content (AvgIpc) is 2.35. The minimum atomic E-state index is -0.451. The van der Waals surface area contributed by atoms with Crippen molar-refractivity contribution in [2.45, 2.75) is 26.3 Å². The molecule has 0 aliphatic carbocycles. The van der Waals surface area contributed by atoms with E-state index in [-0.39, 0.29) is 24.2 Å². The van der Waals surface area contributed by atoms with E-state index in [1.165, 1.54) is 23.1 Å². The van der Waals surface area contributed by atoms with Crippen LogP contribution in [-0.4, -0.2) is 35.3 Å². The normalized spacial score (nSPS) is 18.1. The van der Waals surface area contributed by atoms with Crippen LogP contribution in [0.15, 0.2) is 18.2 Å². The molecule has 0 aromatic heterocycles. The highest BCUT2D eigenvalue weighted by atomic mass is 19.1. The Kier molecular flexibility index (Phi) is 3.30. The summed E-state index contributed by atoms with van der Waals surface area (Å²) in [7, 11) is 0. The molecule has 0 spiro atoms. The number of nitrogens with zero attached hydrogens (tertiary/aromatic N) is 1. The fraction of sp³-hybridized carbons (Fsp3) is 0.429. The lowest BCUT2D eigenvalue weighted by Crippen LogP contribution is -2.62. The number of piperazine rings is 1. The van der Waals surface area contributed by atoms with Gasteiger partial charge in [-0.05, 0) is 44.5 Å². The number of halogens is 1. The fourth-order valence-electron chi connectivity index (χ4n) is 2.10. The molecule has 1 fully saturated rings. The molecular formula is C14H17FN2O2. The van der Waals surface area contributed by atoms with Crippen LogP contribution in [0.5, 0.6) is 0 Å². The molecule has 0 bridgehead atoms. The largest absolute Gasteiger partial charge is 0.352 e. The molecule has 2 rings (SSSR count). The SMILES string of the molecule is Cc1cc(C(=O)N2CC(=O)NCC2(C)C)ccc1F. The van der Waals surface area contributed by atoms with Gasteiger partial charge in [-0.2, -0.15) is 0 Å². The number of carbonyl (C=O) groups is 2. The molecule has 1 N–H and O–H groups in total. The molecule has 19 heavy (non-hydrogen) atoms. The highest BCUT2D eigenvalue weighted by Gasteiger charge is 2.36. The lowest BCUT2D eigenvalue weighted by Gasteiger charge is -2.42. The summed E-state index contributed by atoms with van der Waals surface area (Å²) in [4.78, 5) is 25.4. The van der Waals surface area contributed by atoms with Crippen molar-refractivity contribution in [1.29, 1.82) is 0 Å². The summed E-state index contributed by atoms with van der Waals surface area (Å²) >= 11 is 0. The summed E-state index contributed by atoms with van der Waals surface area (Å²) < 4.78 is 13.2. The smallest absolute Gasteiger partial charge is 0.254 e. The Balaban J connectivity index is 2.31. The van der Waals surface area contributed by atoms with Crippen LogP contribution >= 0.6 is 0 Å². The first-order chi connectivity index (χ1) is 8.81. The lowest BCUT2D eigenvalue weighted by molar-refractivity contribution is -0.126. The Bertz CT molecular complexity index is 540. The Morgan fingerprint density at radius 3 is 2.74 bits per heavy atom. The summed E-state index contributed by atoms with van der Waals surface area (Å²) in [6.07, 6.45) is 0. The number of hydrogen-bond donors (Lipinski definition) is 1. The standard InChI is InChI=1S/C14H17FN2O2/c1-9-6-10(4-5-11(9)15)13(19)17-7-12(18)16-8-14(17,2)3/h4-6H,7-8H2,1-3H3,(H,16,18). The van der Waals surface area contributed by atoms with Gasteiger partial charge in [0.25, 0.3) is 5.91 Å². The molecule has 0 saturated carbocycles. The fourth-order valence-corrected chi connectivity index (χ4v) is 2.10. The van der Waals surface area contributed by atoms with Gasteiger partial charge in [0.05, 0.1) is 5.54 Å². The predicted molar refractivity (Wildman–Crippen MR) is 69.3 cm³/mol. The molecular weight excluding hydrogens is 247 g/mol. The maximum Gasteiger partial charge on any atom is 0.254 e. The molecule has 1 aliphatic heterocycles. The molecule has 0 unspecified atom stereocenters. The van der Waals surface area contributed by atoms with E-state index in [0.29, 0.717) is 17.7 Å². The summed E-state index contributed by atoms with van der Waals surface area (Å²) in [5.74, 6) is -0.762. The zero-order valence-electron chi connectivity index (χ0n) is 11.3. The van der Waals surface area contributed by atoms with Crippen LogP contribution in [0.25, 0.3) is 0 Å². The van der Waals surface area contributed by atoms with Gasteiger partial charge in [-0.15, -0.1) is 0 Å². The maximum absolute atomic E-state index is 13.2. The second kappa shape index (κ2) is 4.64. The van der Waals surface area contributed by atoms with E-state index >= 15 is 0 Å². The zero-order chi connectivity index (χ0) is 14.2. The Labute approximate surface area is 111 Å². The highest BCUT2D eigenvalue weighted by Crippen LogP contribution is 2.21. The van der Waals surface area contributed by atoms with Gasteiger partial charge in [0, 0.05) is 12.1 Å². The van der Waals surface area contributed by atoms with Crippen LogP contribution in [0, 0.1) is 12.7 Å². The van der Waals surface area contributed by atoms with Gasteiger partial charge in [-0.25, -0.2) is 4.39 Å². The first-order valence-corrected chi connectivity index (χ1v) is 6.16. The highest BCUT2D eigenvalue weighted by molar-refractivity contribution is 5.97. The van der Waals surface area contributed by atoms with E-state index < -0.39 is 5.54 Å². The summed E-state index contributed by atoms with van der Waals surface area (Å²) in [5.41, 5.74) is 0.375. The van der Waals surface area contributed by atoms with E-state index in [0.717, 1.165) is 0 Å². The van der Waals surface area contributed by atoms with Crippen molar-refractivity contribution >= 4 is 11.8 Å². The molecule has 0 radical (unpaired) electrons. The number of nitrogens with one attached hydrogen (secondary N) is 1. The van der Waals surface area contributed by atoms with Gasteiger partial charge < -0.3 is 10.2 Å². The van der Waals surface area contributed by atoms with Crippen LogP contribution in [-0.2, 0) is 4.79 Å². The van der Waals surface area contributed by atoms with Crippen molar-refractivity contribution in [2.75, 3.05) is 13.1 Å². The molecule has 2 amide bonds. The van der Waals surface area contributed by atoms with E-state index in [4.69, 9.17) is 0 Å². The molecule has 4 nitrogen and oxygen atoms in total. The van der Waals surface area contributed by atoms with Crippen LogP contribution in [0.1, 0.15) is 29.8 Å². The summed E-state index contributed by atoms with van der Waals surface area (Å²) in [5, 5.41) is 2.74. The van der Waals surface area contributed by atoms with Crippen molar-refractivity contribution in [3.63, 3.8) is 0 Å². The number of aryl methyl sites for hydroxylation is 1. The van der Waals surface area contributed by atoms with Crippen molar-refractivity contribution in [3.05, 3.63) is 35.1 Å². The minimum Gasteiger partial charge on any atom is -0.352 e.